The van der Waals surface area contributed by atoms with Crippen LogP contribution in [0, 0.1) is 5.41 Å². The maximum atomic E-state index is 13.8. The lowest BCUT2D eigenvalue weighted by Gasteiger charge is -2.24. The zero-order chi connectivity index (χ0) is 41.5. The van der Waals surface area contributed by atoms with Gasteiger partial charge in [0, 0.05) is 18.7 Å². The zero-order valence-electron chi connectivity index (χ0n) is 33.6. The highest BCUT2D eigenvalue weighted by atomic mass is 35.5. The van der Waals surface area contributed by atoms with Gasteiger partial charge >= 0.3 is 6.09 Å². The van der Waals surface area contributed by atoms with E-state index in [9.17, 15) is 14.4 Å². The zero-order valence-corrected chi connectivity index (χ0v) is 34.4. The molecule has 0 fully saturated rings. The first-order chi connectivity index (χ1) is 27.1. The summed E-state index contributed by atoms with van der Waals surface area (Å²) in [6, 6.07) is 19.1. The number of fused-ring (bicyclic) bond motifs is 1. The van der Waals surface area contributed by atoms with Crippen molar-refractivity contribution in [2.45, 2.75) is 90.2 Å². The number of carbonyl (C=O) groups is 3. The van der Waals surface area contributed by atoms with E-state index in [1.54, 1.807) is 20.8 Å². The molecule has 0 unspecified atom stereocenters. The van der Waals surface area contributed by atoms with Crippen LogP contribution in [0.5, 0.6) is 0 Å². The normalized spacial score (nSPS) is 11.9. The number of nitrogens with two attached hydrogens (primary N) is 2. The summed E-state index contributed by atoms with van der Waals surface area (Å²) in [5.74, 6) is -1.56. The van der Waals surface area contributed by atoms with Crippen molar-refractivity contribution in [1.82, 2.24) is 30.8 Å². The second-order valence-corrected chi connectivity index (χ2v) is 15.7. The smallest absolute Gasteiger partial charge is 0.408 e. The molecule has 0 saturated carbocycles. The Morgan fingerprint density at radius 2 is 1.49 bits per heavy atom. The first-order valence-electron chi connectivity index (χ1n) is 19.4. The number of hydrogen-bond acceptors (Lipinski definition) is 10. The minimum Gasteiger partial charge on any atom is -0.444 e. The molecule has 0 bridgehead atoms. The monoisotopic (exact) mass is 800 g/mol. The van der Waals surface area contributed by atoms with Gasteiger partial charge in [0.1, 0.15) is 11.6 Å². The molecule has 0 aliphatic carbocycles. The van der Waals surface area contributed by atoms with Crippen molar-refractivity contribution >= 4 is 63.6 Å². The lowest BCUT2D eigenvalue weighted by molar-refractivity contribution is -0.118. The highest BCUT2D eigenvalue weighted by molar-refractivity contribution is 6.31. The fraction of sp³-hybridized carbons (Fsp3) is 0.429. The van der Waals surface area contributed by atoms with E-state index >= 15 is 0 Å². The number of ether oxygens (including phenoxy) is 1. The van der Waals surface area contributed by atoms with Crippen LogP contribution in [0.3, 0.4) is 0 Å². The van der Waals surface area contributed by atoms with E-state index in [1.165, 1.54) is 24.8 Å². The molecule has 1 atom stereocenters. The van der Waals surface area contributed by atoms with Gasteiger partial charge in [0.25, 0.3) is 5.91 Å². The van der Waals surface area contributed by atoms with E-state index in [0.717, 1.165) is 54.1 Å². The molecule has 14 nitrogen and oxygen atoms in total. The van der Waals surface area contributed by atoms with Gasteiger partial charge in [0.2, 0.25) is 5.91 Å². The standard InChI is InChI=1S/C42H57ClN10O4/c1-42(2,3)57-41(56)49-33(38(54)48-30-22-18-27(19-23-30)14-8-6-7-13-25-53(4)5)26-29-21-20-28(31-16-9-10-17-32(29)31)15-11-12-24-47-40(46)52-39(55)34-36(44)51-37(45)35(43)50-34/h9-10,16-23,33H,6-8,11-15,24-26H2,1-5H3,(H,48,54)(H,49,56)(H4,44,45,51)(H3,46,47,52,55)/t33-/m0/s1. The first-order valence-corrected chi connectivity index (χ1v) is 19.7. The topological polar surface area (TPSA) is 213 Å². The SMILES string of the molecule is CN(C)CCCCCCc1ccc(NC(=O)[C@H](Cc2ccc(CCCCNC(=N)NC(=O)c3nc(Cl)c(N)nc3N)c3ccccc23)NC(=O)OC(C)(C)C)cc1. The minimum absolute atomic E-state index is 0.0898. The number of carbonyl (C=O) groups excluding carboxylic acids is 3. The minimum atomic E-state index is -0.904. The molecule has 4 rings (SSSR count). The van der Waals surface area contributed by atoms with Crippen molar-refractivity contribution in [3.8, 4) is 0 Å². The quantitative estimate of drug-likeness (QED) is 0.0331. The van der Waals surface area contributed by atoms with Crippen LogP contribution in [0.2, 0.25) is 5.15 Å². The Morgan fingerprint density at radius 3 is 2.18 bits per heavy atom. The summed E-state index contributed by atoms with van der Waals surface area (Å²) >= 11 is 5.87. The number of nitrogens with zero attached hydrogens (tertiary/aromatic N) is 3. The summed E-state index contributed by atoms with van der Waals surface area (Å²) in [6.45, 7) is 6.89. The lowest BCUT2D eigenvalue weighted by atomic mass is 9.93. The van der Waals surface area contributed by atoms with Crippen molar-refractivity contribution in [2.24, 2.45) is 0 Å². The highest BCUT2D eigenvalue weighted by Crippen LogP contribution is 2.26. The molecular weight excluding hydrogens is 744 g/mol. The van der Waals surface area contributed by atoms with E-state index in [1.807, 2.05) is 48.5 Å². The molecule has 0 aliphatic rings. The number of hydrogen-bond donors (Lipinski definition) is 7. The van der Waals surface area contributed by atoms with Gasteiger partial charge in [-0.2, -0.15) is 0 Å². The molecule has 15 heteroatoms. The fourth-order valence-corrected chi connectivity index (χ4v) is 6.40. The maximum Gasteiger partial charge on any atom is 0.408 e. The molecule has 0 aliphatic heterocycles. The molecule has 0 radical (unpaired) electrons. The molecule has 4 aromatic rings. The molecule has 57 heavy (non-hydrogen) atoms. The van der Waals surface area contributed by atoms with Crippen molar-refractivity contribution in [3.63, 3.8) is 0 Å². The van der Waals surface area contributed by atoms with Gasteiger partial charge in [0.05, 0.1) is 0 Å². The third-order valence-corrected chi connectivity index (χ3v) is 9.39. The number of aryl methyl sites for hydroxylation is 2. The Bertz CT molecular complexity index is 2000. The predicted molar refractivity (Wildman–Crippen MR) is 229 cm³/mol. The Labute approximate surface area is 340 Å². The number of guanidine groups is 1. The van der Waals surface area contributed by atoms with E-state index in [2.05, 4.69) is 62.4 Å². The van der Waals surface area contributed by atoms with Crippen molar-refractivity contribution < 1.29 is 19.1 Å². The van der Waals surface area contributed by atoms with Crippen molar-refractivity contribution in [1.29, 1.82) is 5.41 Å². The van der Waals surface area contributed by atoms with Gasteiger partial charge in [-0.25, -0.2) is 14.8 Å². The number of unbranched alkanes of at least 4 members (excludes halogenated alkanes) is 4. The number of nitrogen functional groups attached to an aromatic ring is 2. The maximum absolute atomic E-state index is 13.8. The summed E-state index contributed by atoms with van der Waals surface area (Å²) in [4.78, 5) is 49.1. The summed E-state index contributed by atoms with van der Waals surface area (Å²) in [7, 11) is 4.20. The van der Waals surface area contributed by atoms with Gasteiger partial charge in [-0.05, 0) is 120 Å². The molecule has 0 saturated heterocycles. The second-order valence-electron chi connectivity index (χ2n) is 15.3. The van der Waals surface area contributed by atoms with Crippen LogP contribution in [0.4, 0.5) is 22.1 Å². The summed E-state index contributed by atoms with van der Waals surface area (Å²) < 4.78 is 5.54. The van der Waals surface area contributed by atoms with Crippen molar-refractivity contribution in [2.75, 3.05) is 44.0 Å². The molecule has 0 spiro atoms. The average Bonchev–Trinajstić information content (AvgIpc) is 3.14. The molecule has 306 valence electrons. The first kappa shape index (κ1) is 44.2. The van der Waals surface area contributed by atoms with E-state index in [4.69, 9.17) is 33.2 Å². The number of rotatable bonds is 18. The predicted octanol–water partition coefficient (Wildman–Crippen LogP) is 6.46. The van der Waals surface area contributed by atoms with Crippen LogP contribution in [0.25, 0.3) is 10.8 Å². The number of nitrogens with one attached hydrogen (secondary N) is 5. The number of alkyl carbamates (subject to hydrolysis) is 1. The molecule has 3 aromatic carbocycles. The Morgan fingerprint density at radius 1 is 0.842 bits per heavy atom. The van der Waals surface area contributed by atoms with E-state index < -0.39 is 23.6 Å². The molecule has 3 amide bonds. The van der Waals surface area contributed by atoms with Crippen LogP contribution < -0.4 is 32.7 Å². The lowest BCUT2D eigenvalue weighted by Crippen LogP contribution is -2.47. The third kappa shape index (κ3) is 14.5. The Balaban J connectivity index is 1.36. The largest absolute Gasteiger partial charge is 0.444 e. The van der Waals surface area contributed by atoms with Crippen LogP contribution in [-0.4, -0.2) is 77.6 Å². The highest BCUT2D eigenvalue weighted by Gasteiger charge is 2.26. The van der Waals surface area contributed by atoms with Gasteiger partial charge in [-0.1, -0.05) is 73.0 Å². The third-order valence-electron chi connectivity index (χ3n) is 9.11. The van der Waals surface area contributed by atoms with Crippen molar-refractivity contribution in [3.05, 3.63) is 88.2 Å². The Kier molecular flexibility index (Phi) is 16.4. The van der Waals surface area contributed by atoms with Crippen LogP contribution in [0.15, 0.2) is 60.7 Å². The number of anilines is 3. The van der Waals surface area contributed by atoms with Crippen LogP contribution in [0.1, 0.15) is 86.5 Å². The van der Waals surface area contributed by atoms with E-state index in [0.29, 0.717) is 18.7 Å². The molecule has 9 N–H and O–H groups in total. The van der Waals surface area contributed by atoms with E-state index in [-0.39, 0.29) is 40.8 Å². The van der Waals surface area contributed by atoms with Gasteiger partial charge in [-0.15, -0.1) is 0 Å². The van der Waals surface area contributed by atoms with Crippen LogP contribution in [-0.2, 0) is 28.8 Å². The summed E-state index contributed by atoms with van der Waals surface area (Å²) in [6.07, 6.45) is 7.54. The van der Waals surface area contributed by atoms with Gasteiger partial charge < -0.3 is 37.1 Å². The molecular formula is C42H57ClN10O4. The molecule has 1 heterocycles. The second kappa shape index (κ2) is 21.2. The van der Waals surface area contributed by atoms with Crippen LogP contribution >= 0.6 is 11.6 Å². The number of halogens is 1. The number of benzene rings is 3. The van der Waals surface area contributed by atoms with Gasteiger partial charge in [0.15, 0.2) is 28.4 Å². The average molecular weight is 801 g/mol. The fourth-order valence-electron chi connectivity index (χ4n) is 6.27. The molecule has 1 aromatic heterocycles. The summed E-state index contributed by atoms with van der Waals surface area (Å²) in [5, 5.41) is 21.1. The van der Waals surface area contributed by atoms with Gasteiger partial charge in [-0.3, -0.25) is 20.3 Å². The summed E-state index contributed by atoms with van der Waals surface area (Å²) in [5.41, 5.74) is 14.3. The number of amides is 3. The Hall–Kier alpha value is -5.47. The number of aromatic nitrogens is 2.